The van der Waals surface area contributed by atoms with E-state index in [0.717, 1.165) is 28.6 Å². The van der Waals surface area contributed by atoms with Crippen LogP contribution in [-0.2, 0) is 15.6 Å². The third-order valence-electron chi connectivity index (χ3n) is 3.64. The van der Waals surface area contributed by atoms with E-state index in [0.29, 0.717) is 0 Å². The van der Waals surface area contributed by atoms with Crippen LogP contribution in [0.3, 0.4) is 0 Å². The van der Waals surface area contributed by atoms with Gasteiger partial charge in [0.05, 0.1) is 4.90 Å². The van der Waals surface area contributed by atoms with Crippen LogP contribution in [0.4, 0.5) is 13.2 Å². The topological polar surface area (TPSA) is 57.6 Å². The zero-order valence-electron chi connectivity index (χ0n) is 12.9. The standard InChI is InChI=1S/C16H16F3NO3S/c1-20(2)24(22,23)14-11-7-6-10-13(14)15(21,16(17,18)19)12-8-4-3-5-9-12/h3-11,21H,1-2H3. The van der Waals surface area contributed by atoms with Gasteiger partial charge in [0, 0.05) is 19.7 Å². The van der Waals surface area contributed by atoms with Crippen molar-refractivity contribution in [2.75, 3.05) is 14.1 Å². The molecule has 1 atom stereocenters. The lowest BCUT2D eigenvalue weighted by Gasteiger charge is -2.33. The van der Waals surface area contributed by atoms with E-state index in [4.69, 9.17) is 0 Å². The molecule has 2 aromatic rings. The highest BCUT2D eigenvalue weighted by molar-refractivity contribution is 7.89. The number of halogens is 3. The molecule has 4 nitrogen and oxygen atoms in total. The predicted octanol–water partition coefficient (Wildman–Crippen LogP) is 2.74. The van der Waals surface area contributed by atoms with Crippen LogP contribution in [0.5, 0.6) is 0 Å². The molecule has 0 aliphatic heterocycles. The van der Waals surface area contributed by atoms with Crippen molar-refractivity contribution in [3.05, 3.63) is 65.7 Å². The first kappa shape index (κ1) is 18.4. The molecule has 0 aromatic heterocycles. The van der Waals surface area contributed by atoms with Crippen molar-refractivity contribution in [2.24, 2.45) is 0 Å². The number of sulfonamides is 1. The highest BCUT2D eigenvalue weighted by Gasteiger charge is 2.57. The van der Waals surface area contributed by atoms with Crippen molar-refractivity contribution in [3.63, 3.8) is 0 Å². The van der Waals surface area contributed by atoms with Crippen molar-refractivity contribution < 1.29 is 26.7 Å². The first-order valence-electron chi connectivity index (χ1n) is 6.89. The van der Waals surface area contributed by atoms with Gasteiger partial charge in [-0.3, -0.25) is 0 Å². The summed E-state index contributed by atoms with van der Waals surface area (Å²) in [6.45, 7) is 0. The van der Waals surface area contributed by atoms with Crippen LogP contribution in [0.2, 0.25) is 0 Å². The van der Waals surface area contributed by atoms with Gasteiger partial charge in [0.1, 0.15) is 0 Å². The maximum absolute atomic E-state index is 13.8. The highest BCUT2D eigenvalue weighted by Crippen LogP contribution is 2.46. The van der Waals surface area contributed by atoms with Crippen LogP contribution >= 0.6 is 0 Å². The number of hydrogen-bond donors (Lipinski definition) is 1. The maximum atomic E-state index is 13.8. The zero-order valence-corrected chi connectivity index (χ0v) is 13.8. The van der Waals surface area contributed by atoms with E-state index in [1.165, 1.54) is 44.4 Å². The summed E-state index contributed by atoms with van der Waals surface area (Å²) in [5.41, 5.74) is -4.65. The molecule has 0 heterocycles. The number of alkyl halides is 3. The van der Waals surface area contributed by atoms with Crippen molar-refractivity contribution in [1.82, 2.24) is 4.31 Å². The molecule has 130 valence electrons. The van der Waals surface area contributed by atoms with E-state index in [-0.39, 0.29) is 0 Å². The third-order valence-corrected chi connectivity index (χ3v) is 5.51. The van der Waals surface area contributed by atoms with Gasteiger partial charge in [-0.25, -0.2) is 12.7 Å². The minimum absolute atomic E-state index is 0.459. The van der Waals surface area contributed by atoms with Gasteiger partial charge >= 0.3 is 6.18 Å². The molecule has 0 amide bonds. The van der Waals surface area contributed by atoms with Crippen LogP contribution in [0.1, 0.15) is 11.1 Å². The van der Waals surface area contributed by atoms with Crippen LogP contribution < -0.4 is 0 Å². The first-order valence-corrected chi connectivity index (χ1v) is 8.33. The molecule has 0 aliphatic rings. The molecule has 0 aliphatic carbocycles. The maximum Gasteiger partial charge on any atom is 0.425 e. The Labute approximate surface area is 138 Å². The molecule has 0 saturated carbocycles. The predicted molar refractivity (Wildman–Crippen MR) is 82.8 cm³/mol. The average Bonchev–Trinajstić information content (AvgIpc) is 2.53. The van der Waals surface area contributed by atoms with Crippen molar-refractivity contribution >= 4 is 10.0 Å². The molecule has 1 N–H and O–H groups in total. The highest BCUT2D eigenvalue weighted by atomic mass is 32.2. The summed E-state index contributed by atoms with van der Waals surface area (Å²) in [4.78, 5) is -0.598. The molecule has 8 heteroatoms. The second-order valence-electron chi connectivity index (χ2n) is 5.36. The summed E-state index contributed by atoms with van der Waals surface area (Å²) >= 11 is 0. The Hall–Kier alpha value is -1.90. The van der Waals surface area contributed by atoms with Crippen molar-refractivity contribution in [2.45, 2.75) is 16.7 Å². The van der Waals surface area contributed by atoms with E-state index in [2.05, 4.69) is 0 Å². The number of benzene rings is 2. The lowest BCUT2D eigenvalue weighted by molar-refractivity contribution is -0.249. The van der Waals surface area contributed by atoms with E-state index < -0.39 is 37.8 Å². The fourth-order valence-corrected chi connectivity index (χ4v) is 3.48. The summed E-state index contributed by atoms with van der Waals surface area (Å²) in [5.74, 6) is 0. The third kappa shape index (κ3) is 2.92. The largest absolute Gasteiger partial charge is 0.425 e. The van der Waals surface area contributed by atoms with Gasteiger partial charge in [0.15, 0.2) is 0 Å². The summed E-state index contributed by atoms with van der Waals surface area (Å²) in [5, 5.41) is 10.6. The Morgan fingerprint density at radius 1 is 0.917 bits per heavy atom. The minimum Gasteiger partial charge on any atom is -0.372 e. The second-order valence-corrected chi connectivity index (χ2v) is 7.48. The molecule has 0 bridgehead atoms. The van der Waals surface area contributed by atoms with Crippen LogP contribution in [0.25, 0.3) is 0 Å². The summed E-state index contributed by atoms with van der Waals surface area (Å²) < 4.78 is 67.0. The number of aliphatic hydroxyl groups is 1. The number of rotatable bonds is 4. The van der Waals surface area contributed by atoms with Crippen LogP contribution in [-0.4, -0.2) is 38.1 Å². The smallest absolute Gasteiger partial charge is 0.372 e. The molecule has 2 aromatic carbocycles. The number of hydrogen-bond acceptors (Lipinski definition) is 3. The van der Waals surface area contributed by atoms with Gasteiger partial charge in [-0.15, -0.1) is 0 Å². The summed E-state index contributed by atoms with van der Waals surface area (Å²) in [6, 6.07) is 11.0. The molecule has 0 radical (unpaired) electrons. The van der Waals surface area contributed by atoms with Gasteiger partial charge in [0.25, 0.3) is 0 Å². The van der Waals surface area contributed by atoms with Crippen molar-refractivity contribution in [1.29, 1.82) is 0 Å². The molecular formula is C16H16F3NO3S. The Morgan fingerprint density at radius 2 is 1.42 bits per heavy atom. The van der Waals surface area contributed by atoms with E-state index in [1.807, 2.05) is 0 Å². The Balaban J connectivity index is 2.85. The lowest BCUT2D eigenvalue weighted by Crippen LogP contribution is -2.44. The quantitative estimate of drug-likeness (QED) is 0.913. The average molecular weight is 359 g/mol. The summed E-state index contributed by atoms with van der Waals surface area (Å²) in [6.07, 6.45) is -5.12. The van der Waals surface area contributed by atoms with E-state index >= 15 is 0 Å². The molecule has 24 heavy (non-hydrogen) atoms. The Morgan fingerprint density at radius 3 is 1.92 bits per heavy atom. The van der Waals surface area contributed by atoms with Crippen LogP contribution in [0.15, 0.2) is 59.5 Å². The normalized spacial score (nSPS) is 15.3. The van der Waals surface area contributed by atoms with Gasteiger partial charge in [-0.1, -0.05) is 48.5 Å². The molecular weight excluding hydrogens is 343 g/mol. The fraction of sp³-hybridized carbons (Fsp3) is 0.250. The second kappa shape index (κ2) is 6.19. The molecule has 1 unspecified atom stereocenters. The zero-order chi connectivity index (χ0) is 18.2. The number of nitrogens with zero attached hydrogens (tertiary/aromatic N) is 1. The molecule has 2 rings (SSSR count). The Kier molecular flexibility index (Phi) is 4.76. The first-order chi connectivity index (χ1) is 11.0. The minimum atomic E-state index is -5.12. The molecule has 0 saturated heterocycles. The Bertz CT molecular complexity index is 820. The monoisotopic (exact) mass is 359 g/mol. The van der Waals surface area contributed by atoms with Gasteiger partial charge in [-0.05, 0) is 11.6 Å². The van der Waals surface area contributed by atoms with Gasteiger partial charge in [0.2, 0.25) is 15.6 Å². The lowest BCUT2D eigenvalue weighted by atomic mass is 9.85. The van der Waals surface area contributed by atoms with Gasteiger partial charge in [-0.2, -0.15) is 13.2 Å². The van der Waals surface area contributed by atoms with E-state index in [1.54, 1.807) is 0 Å². The fourth-order valence-electron chi connectivity index (χ4n) is 2.34. The van der Waals surface area contributed by atoms with Crippen LogP contribution in [0, 0.1) is 0 Å². The molecule has 0 fully saturated rings. The van der Waals surface area contributed by atoms with Gasteiger partial charge < -0.3 is 5.11 Å². The van der Waals surface area contributed by atoms with E-state index in [9.17, 15) is 26.7 Å². The SMILES string of the molecule is CN(C)S(=O)(=O)c1ccccc1C(O)(c1ccccc1)C(F)(F)F. The van der Waals surface area contributed by atoms with Crippen molar-refractivity contribution in [3.8, 4) is 0 Å². The molecule has 0 spiro atoms. The summed E-state index contributed by atoms with van der Waals surface area (Å²) in [7, 11) is -1.77.